The van der Waals surface area contributed by atoms with E-state index in [9.17, 15) is 14.8 Å². The summed E-state index contributed by atoms with van der Waals surface area (Å²) in [4.78, 5) is 28.4. The Bertz CT molecular complexity index is 553. The summed E-state index contributed by atoms with van der Waals surface area (Å²) in [6, 6.07) is 8.61. The second-order valence-corrected chi connectivity index (χ2v) is 4.07. The molecule has 2 unspecified atom stereocenters. The Balaban J connectivity index is 2.47. The van der Waals surface area contributed by atoms with Crippen LogP contribution in [0.25, 0.3) is 0 Å². The summed E-state index contributed by atoms with van der Waals surface area (Å²) in [6.07, 6.45) is -1.21. The van der Waals surface area contributed by atoms with Gasteiger partial charge >= 0.3 is 17.7 Å². The quantitative estimate of drug-likeness (QED) is 0.587. The lowest BCUT2D eigenvalue weighted by atomic mass is 9.89. The molecule has 0 saturated carbocycles. The lowest BCUT2D eigenvalue weighted by Gasteiger charge is -2.16. The largest absolute Gasteiger partial charge is 0.468 e. The molecule has 0 N–H and O–H groups in total. The average molecular weight is 279 g/mol. The minimum atomic E-state index is -1.21. The van der Waals surface area contributed by atoms with Crippen LogP contribution in [0.5, 0.6) is 0 Å². The SMILES string of the molecule is COC(=O)C1=[N+]([O-])OC(C(=O)OC)C1c1ccccc1. The number of esters is 2. The van der Waals surface area contributed by atoms with Crippen LogP contribution < -0.4 is 0 Å². The molecule has 0 spiro atoms. The summed E-state index contributed by atoms with van der Waals surface area (Å²) in [6.45, 7) is 0. The predicted molar refractivity (Wildman–Crippen MR) is 66.7 cm³/mol. The summed E-state index contributed by atoms with van der Waals surface area (Å²) in [5.41, 5.74) is 0.302. The van der Waals surface area contributed by atoms with Gasteiger partial charge in [-0.3, -0.25) is 10.0 Å². The first-order chi connectivity index (χ1) is 9.60. The highest BCUT2D eigenvalue weighted by molar-refractivity contribution is 6.37. The zero-order valence-electron chi connectivity index (χ0n) is 10.9. The van der Waals surface area contributed by atoms with E-state index in [1.54, 1.807) is 30.3 Å². The minimum absolute atomic E-state index is 0.0189. The fourth-order valence-electron chi connectivity index (χ4n) is 2.07. The first-order valence-electron chi connectivity index (χ1n) is 5.82. The Morgan fingerprint density at radius 2 is 1.85 bits per heavy atom. The number of nitrogens with zero attached hydrogens (tertiary/aromatic N) is 1. The highest BCUT2D eigenvalue weighted by Gasteiger charge is 2.49. The van der Waals surface area contributed by atoms with Crippen LogP contribution in [0.1, 0.15) is 11.5 Å². The molecule has 2 atom stereocenters. The second kappa shape index (κ2) is 5.60. The topological polar surface area (TPSA) is 87.9 Å². The van der Waals surface area contributed by atoms with Gasteiger partial charge in [0.05, 0.1) is 19.1 Å². The fraction of sp³-hybridized carbons (Fsp3) is 0.308. The molecule has 0 amide bonds. The van der Waals surface area contributed by atoms with Crippen LogP contribution in [0.4, 0.5) is 0 Å². The molecule has 1 aliphatic rings. The van der Waals surface area contributed by atoms with Gasteiger partial charge in [0.1, 0.15) is 5.92 Å². The maximum atomic E-state index is 11.7. The average Bonchev–Trinajstić information content (AvgIpc) is 2.84. The number of ether oxygens (including phenoxy) is 2. The van der Waals surface area contributed by atoms with Gasteiger partial charge < -0.3 is 14.3 Å². The zero-order chi connectivity index (χ0) is 14.7. The van der Waals surface area contributed by atoms with Gasteiger partial charge in [-0.25, -0.2) is 4.79 Å². The second-order valence-electron chi connectivity index (χ2n) is 4.07. The van der Waals surface area contributed by atoms with E-state index in [-0.39, 0.29) is 10.6 Å². The molecular formula is C13H13NO6. The van der Waals surface area contributed by atoms with Crippen LogP contribution in [-0.2, 0) is 23.9 Å². The zero-order valence-corrected chi connectivity index (χ0v) is 10.9. The molecule has 0 saturated heterocycles. The van der Waals surface area contributed by atoms with Crippen molar-refractivity contribution in [3.8, 4) is 0 Å². The fourth-order valence-corrected chi connectivity index (χ4v) is 2.07. The number of hydrogen-bond acceptors (Lipinski definition) is 6. The highest BCUT2D eigenvalue weighted by atomic mass is 16.9. The number of benzene rings is 1. The molecule has 106 valence electrons. The number of methoxy groups -OCH3 is 2. The van der Waals surface area contributed by atoms with Crippen LogP contribution in [0.2, 0.25) is 0 Å². The lowest BCUT2D eigenvalue weighted by molar-refractivity contribution is -0.736. The van der Waals surface area contributed by atoms with E-state index in [0.29, 0.717) is 5.56 Å². The molecule has 1 aromatic rings. The Kier molecular flexibility index (Phi) is 3.88. The van der Waals surface area contributed by atoms with Crippen molar-refractivity contribution >= 4 is 17.7 Å². The number of hydrogen-bond donors (Lipinski definition) is 0. The van der Waals surface area contributed by atoms with Crippen molar-refractivity contribution in [2.24, 2.45) is 0 Å². The number of carbonyl (C=O) groups excluding carboxylic acids is 2. The maximum absolute atomic E-state index is 11.7. The van der Waals surface area contributed by atoms with Gasteiger partial charge in [-0.15, -0.1) is 0 Å². The molecule has 0 bridgehead atoms. The van der Waals surface area contributed by atoms with Crippen LogP contribution >= 0.6 is 0 Å². The molecule has 0 radical (unpaired) electrons. The Labute approximate surface area is 114 Å². The van der Waals surface area contributed by atoms with Crippen molar-refractivity contribution in [3.63, 3.8) is 0 Å². The molecule has 0 aliphatic carbocycles. The van der Waals surface area contributed by atoms with Crippen LogP contribution in [0.15, 0.2) is 30.3 Å². The Morgan fingerprint density at radius 1 is 1.20 bits per heavy atom. The predicted octanol–water partition coefficient (Wildman–Crippen LogP) is 0.381. The van der Waals surface area contributed by atoms with Crippen molar-refractivity contribution in [1.82, 2.24) is 0 Å². The number of carbonyl (C=O) groups is 2. The normalized spacial score (nSPS) is 21.3. The molecule has 20 heavy (non-hydrogen) atoms. The van der Waals surface area contributed by atoms with Gasteiger partial charge in [-0.2, -0.15) is 0 Å². The smallest absolute Gasteiger partial charge is 0.405 e. The number of rotatable bonds is 3. The summed E-state index contributed by atoms with van der Waals surface area (Å²) < 4.78 is 9.17. The van der Waals surface area contributed by atoms with E-state index < -0.39 is 24.0 Å². The molecule has 1 aliphatic heterocycles. The molecule has 0 fully saturated rings. The van der Waals surface area contributed by atoms with Crippen molar-refractivity contribution in [1.29, 1.82) is 0 Å². The van der Waals surface area contributed by atoms with Gasteiger partial charge in [0.15, 0.2) is 6.10 Å². The summed E-state index contributed by atoms with van der Waals surface area (Å²) in [5.74, 6) is -2.45. The lowest BCUT2D eigenvalue weighted by Crippen LogP contribution is -2.33. The van der Waals surface area contributed by atoms with Crippen molar-refractivity contribution < 1.29 is 28.8 Å². The minimum Gasteiger partial charge on any atom is -0.468 e. The van der Waals surface area contributed by atoms with Gasteiger partial charge in [0.25, 0.3) is 0 Å². The monoisotopic (exact) mass is 279 g/mol. The Hall–Kier alpha value is -2.57. The van der Waals surface area contributed by atoms with E-state index in [4.69, 9.17) is 4.84 Å². The van der Waals surface area contributed by atoms with Crippen LogP contribution in [0, 0.1) is 5.21 Å². The molecule has 1 heterocycles. The van der Waals surface area contributed by atoms with Crippen molar-refractivity contribution in [2.75, 3.05) is 14.2 Å². The van der Waals surface area contributed by atoms with Crippen LogP contribution in [-0.4, -0.2) is 42.9 Å². The van der Waals surface area contributed by atoms with E-state index in [1.807, 2.05) is 0 Å². The van der Waals surface area contributed by atoms with E-state index in [2.05, 4.69) is 9.47 Å². The van der Waals surface area contributed by atoms with Gasteiger partial charge in [-0.05, 0) is 5.56 Å². The van der Waals surface area contributed by atoms with Crippen molar-refractivity contribution in [3.05, 3.63) is 41.1 Å². The standard InChI is InChI=1S/C13H13NO6/c1-18-12(15)10-9(8-6-4-3-5-7-8)11(13(16)19-2)20-14(10)17/h3-7,9,11H,1-2H3. The molecule has 7 heteroatoms. The molecule has 0 aromatic heterocycles. The summed E-state index contributed by atoms with van der Waals surface area (Å²) >= 11 is 0. The van der Waals surface area contributed by atoms with E-state index in [0.717, 1.165) is 7.11 Å². The summed E-state index contributed by atoms with van der Waals surface area (Å²) in [5, 5.41) is 11.7. The molecule has 7 nitrogen and oxygen atoms in total. The van der Waals surface area contributed by atoms with Crippen LogP contribution in [0.3, 0.4) is 0 Å². The van der Waals surface area contributed by atoms with Gasteiger partial charge in [0, 0.05) is 0 Å². The van der Waals surface area contributed by atoms with E-state index in [1.165, 1.54) is 7.11 Å². The Morgan fingerprint density at radius 3 is 2.40 bits per heavy atom. The molecular weight excluding hydrogens is 266 g/mol. The maximum Gasteiger partial charge on any atom is 0.405 e. The third kappa shape index (κ3) is 2.29. The molecule has 1 aromatic carbocycles. The van der Waals surface area contributed by atoms with Crippen molar-refractivity contribution in [2.45, 2.75) is 12.0 Å². The first-order valence-corrected chi connectivity index (χ1v) is 5.82. The third-order valence-electron chi connectivity index (χ3n) is 2.99. The highest BCUT2D eigenvalue weighted by Crippen LogP contribution is 2.30. The third-order valence-corrected chi connectivity index (χ3v) is 2.99. The van der Waals surface area contributed by atoms with E-state index >= 15 is 0 Å². The first kappa shape index (κ1) is 13.9. The van der Waals surface area contributed by atoms with Gasteiger partial charge in [0.2, 0.25) is 0 Å². The molecule has 2 rings (SSSR count). The van der Waals surface area contributed by atoms with Gasteiger partial charge in [-0.1, -0.05) is 30.3 Å². The summed E-state index contributed by atoms with van der Waals surface area (Å²) in [7, 11) is 2.33.